The molecule has 0 unspecified atom stereocenters. The molecule has 62 valence electrons. The van der Waals surface area contributed by atoms with Crippen LogP contribution >= 0.6 is 22.6 Å². The van der Waals surface area contributed by atoms with Crippen molar-refractivity contribution in [3.05, 3.63) is 37.8 Å². The maximum Gasteiger partial charge on any atom is 0.213 e. The highest BCUT2D eigenvalue weighted by molar-refractivity contribution is 14.1. The first-order valence-corrected chi connectivity index (χ1v) is 4.12. The third-order valence-electron chi connectivity index (χ3n) is 1.20. The molecule has 0 aromatic carbocycles. The van der Waals surface area contributed by atoms with E-state index in [0.29, 0.717) is 3.57 Å². The summed E-state index contributed by atoms with van der Waals surface area (Å²) in [6.07, 6.45) is 1.37. The Morgan fingerprint density at radius 1 is 1.75 bits per heavy atom. The molecule has 4 nitrogen and oxygen atoms in total. The zero-order valence-corrected chi connectivity index (χ0v) is 8.06. The predicted octanol–water partition coefficient (Wildman–Crippen LogP) is 2.64. The Bertz CT molecular complexity index is 334. The molecule has 0 aliphatic rings. The van der Waals surface area contributed by atoms with E-state index in [1.54, 1.807) is 0 Å². The molecule has 0 saturated carbocycles. The summed E-state index contributed by atoms with van der Waals surface area (Å²) in [6.45, 7) is 0.210. The van der Waals surface area contributed by atoms with Gasteiger partial charge >= 0.3 is 0 Å². The van der Waals surface area contributed by atoms with Crippen molar-refractivity contribution in [2.75, 3.05) is 0 Å². The van der Waals surface area contributed by atoms with E-state index in [9.17, 15) is 4.39 Å². The van der Waals surface area contributed by atoms with Crippen molar-refractivity contribution >= 4 is 22.6 Å². The Kier molecular flexibility index (Phi) is 3.24. The van der Waals surface area contributed by atoms with Crippen LogP contribution in [-0.2, 0) is 6.54 Å². The van der Waals surface area contributed by atoms with E-state index in [1.165, 1.54) is 12.3 Å². The molecule has 0 aliphatic heterocycles. The van der Waals surface area contributed by atoms with Gasteiger partial charge in [0.15, 0.2) is 0 Å². The van der Waals surface area contributed by atoms with E-state index in [-0.39, 0.29) is 6.54 Å². The van der Waals surface area contributed by atoms with Gasteiger partial charge in [-0.1, -0.05) is 5.11 Å². The van der Waals surface area contributed by atoms with Crippen molar-refractivity contribution in [2.24, 2.45) is 5.11 Å². The highest BCUT2D eigenvalue weighted by Crippen LogP contribution is 2.12. The molecule has 1 rings (SSSR count). The van der Waals surface area contributed by atoms with Gasteiger partial charge in [-0.3, -0.25) is 0 Å². The summed E-state index contributed by atoms with van der Waals surface area (Å²) in [7, 11) is 0. The second-order valence-corrected chi connectivity index (χ2v) is 3.15. The zero-order chi connectivity index (χ0) is 8.97. The smallest absolute Gasteiger partial charge is 0.213 e. The van der Waals surface area contributed by atoms with Gasteiger partial charge in [-0.25, -0.2) is 4.98 Å². The van der Waals surface area contributed by atoms with Crippen LogP contribution in [0, 0.1) is 9.52 Å². The summed E-state index contributed by atoms with van der Waals surface area (Å²) in [4.78, 5) is 6.03. The maximum absolute atomic E-state index is 12.5. The maximum atomic E-state index is 12.5. The Balaban J connectivity index is 2.93. The van der Waals surface area contributed by atoms with Gasteiger partial charge in [-0.2, -0.15) is 4.39 Å². The fourth-order valence-corrected chi connectivity index (χ4v) is 1.23. The van der Waals surface area contributed by atoms with Crippen LogP contribution in [0.3, 0.4) is 0 Å². The Morgan fingerprint density at radius 3 is 3.08 bits per heavy atom. The number of hydrogen-bond acceptors (Lipinski definition) is 2. The minimum absolute atomic E-state index is 0.210. The minimum atomic E-state index is -0.524. The molecule has 1 heterocycles. The molecule has 6 heteroatoms. The minimum Gasteiger partial charge on any atom is -0.228 e. The van der Waals surface area contributed by atoms with Crippen molar-refractivity contribution in [1.82, 2.24) is 4.98 Å². The normalized spacial score (nSPS) is 9.17. The Labute approximate surface area is 81.6 Å². The molecule has 0 aliphatic carbocycles. The number of hydrogen-bond donors (Lipinski definition) is 0. The van der Waals surface area contributed by atoms with E-state index >= 15 is 0 Å². The van der Waals surface area contributed by atoms with E-state index in [2.05, 4.69) is 15.0 Å². The summed E-state index contributed by atoms with van der Waals surface area (Å²) in [6, 6.07) is 1.29. The number of aromatic nitrogens is 1. The molecule has 1 aromatic rings. The third-order valence-corrected chi connectivity index (χ3v) is 2.20. The van der Waals surface area contributed by atoms with Crippen LogP contribution in [0.15, 0.2) is 17.4 Å². The lowest BCUT2D eigenvalue weighted by atomic mass is 10.3. The average Bonchev–Trinajstić information content (AvgIpc) is 2.03. The lowest BCUT2D eigenvalue weighted by Crippen LogP contribution is -1.91. The van der Waals surface area contributed by atoms with Gasteiger partial charge in [0.2, 0.25) is 5.95 Å². The predicted molar refractivity (Wildman–Crippen MR) is 49.8 cm³/mol. The van der Waals surface area contributed by atoms with E-state index in [1.807, 2.05) is 22.6 Å². The quantitative estimate of drug-likeness (QED) is 0.269. The number of azide groups is 1. The van der Waals surface area contributed by atoms with Crippen LogP contribution in [0.5, 0.6) is 0 Å². The van der Waals surface area contributed by atoms with Gasteiger partial charge < -0.3 is 0 Å². The standard InChI is InChI=1S/C6H4FIN4/c7-6-1-5(8)4(2-10-6)3-11-12-9/h1-2H,3H2. The lowest BCUT2D eigenvalue weighted by Gasteiger charge is -1.97. The lowest BCUT2D eigenvalue weighted by molar-refractivity contribution is 0.581. The highest BCUT2D eigenvalue weighted by Gasteiger charge is 2.00. The molecule has 1 aromatic heterocycles. The van der Waals surface area contributed by atoms with Crippen LogP contribution in [0.25, 0.3) is 10.4 Å². The Hall–Kier alpha value is -0.880. The monoisotopic (exact) mass is 278 g/mol. The molecular weight excluding hydrogens is 274 g/mol. The second-order valence-electron chi connectivity index (χ2n) is 1.99. The highest BCUT2D eigenvalue weighted by atomic mass is 127. The Morgan fingerprint density at radius 2 is 2.50 bits per heavy atom. The summed E-state index contributed by atoms with van der Waals surface area (Å²) in [5.41, 5.74) is 8.77. The van der Waals surface area contributed by atoms with Crippen molar-refractivity contribution in [2.45, 2.75) is 6.54 Å². The van der Waals surface area contributed by atoms with Gasteiger partial charge in [0.25, 0.3) is 0 Å². The third kappa shape index (κ3) is 2.31. The molecule has 0 spiro atoms. The first-order valence-electron chi connectivity index (χ1n) is 3.05. The van der Waals surface area contributed by atoms with Crippen molar-refractivity contribution in [3.63, 3.8) is 0 Å². The topological polar surface area (TPSA) is 61.7 Å². The fourth-order valence-electron chi connectivity index (χ4n) is 0.660. The second kappa shape index (κ2) is 4.22. The van der Waals surface area contributed by atoms with Gasteiger partial charge in [0.1, 0.15) is 0 Å². The largest absolute Gasteiger partial charge is 0.228 e. The van der Waals surface area contributed by atoms with Crippen LogP contribution in [-0.4, -0.2) is 4.98 Å². The van der Waals surface area contributed by atoms with Crippen LogP contribution in [0.1, 0.15) is 5.56 Å². The number of halogens is 2. The number of rotatable bonds is 2. The molecule has 0 N–H and O–H groups in total. The molecule has 0 saturated heterocycles. The first-order chi connectivity index (χ1) is 5.74. The average molecular weight is 278 g/mol. The van der Waals surface area contributed by atoms with Gasteiger partial charge in [-0.05, 0) is 33.7 Å². The number of nitrogens with zero attached hydrogens (tertiary/aromatic N) is 4. The molecule has 12 heavy (non-hydrogen) atoms. The molecule has 0 atom stereocenters. The molecule has 0 radical (unpaired) electrons. The summed E-state index contributed by atoms with van der Waals surface area (Å²) < 4.78 is 13.2. The fraction of sp³-hybridized carbons (Fsp3) is 0.167. The van der Waals surface area contributed by atoms with Gasteiger partial charge in [-0.15, -0.1) is 0 Å². The van der Waals surface area contributed by atoms with E-state index in [0.717, 1.165) is 5.56 Å². The number of pyridine rings is 1. The van der Waals surface area contributed by atoms with Crippen LogP contribution < -0.4 is 0 Å². The van der Waals surface area contributed by atoms with Crippen molar-refractivity contribution in [1.29, 1.82) is 0 Å². The van der Waals surface area contributed by atoms with Crippen LogP contribution in [0.4, 0.5) is 4.39 Å². The molecule has 0 fully saturated rings. The van der Waals surface area contributed by atoms with E-state index < -0.39 is 5.95 Å². The SMILES string of the molecule is [N-]=[N+]=NCc1cnc(F)cc1I. The summed E-state index contributed by atoms with van der Waals surface area (Å²) in [5.74, 6) is -0.524. The molecule has 0 bridgehead atoms. The summed E-state index contributed by atoms with van der Waals surface area (Å²) >= 11 is 1.96. The first kappa shape index (κ1) is 9.21. The van der Waals surface area contributed by atoms with E-state index in [4.69, 9.17) is 5.53 Å². The summed E-state index contributed by atoms with van der Waals surface area (Å²) in [5, 5.41) is 3.35. The molecular formula is C6H4FIN4. The zero-order valence-electron chi connectivity index (χ0n) is 5.91. The van der Waals surface area contributed by atoms with Gasteiger partial charge in [0, 0.05) is 20.7 Å². The van der Waals surface area contributed by atoms with Crippen molar-refractivity contribution < 1.29 is 4.39 Å². The van der Waals surface area contributed by atoms with Crippen LogP contribution in [0.2, 0.25) is 0 Å². The van der Waals surface area contributed by atoms with Gasteiger partial charge in [0.05, 0.1) is 6.54 Å². The molecule has 0 amide bonds. The van der Waals surface area contributed by atoms with Crippen molar-refractivity contribution in [3.8, 4) is 0 Å².